The van der Waals surface area contributed by atoms with Crippen LogP contribution in [-0.4, -0.2) is 17.7 Å². The fraction of sp³-hybridized carbons (Fsp3) is 0.286. The van der Waals surface area contributed by atoms with Crippen molar-refractivity contribution in [3.63, 3.8) is 0 Å². The summed E-state index contributed by atoms with van der Waals surface area (Å²) in [7, 11) is 0. The Balaban J connectivity index is 2.57. The molecule has 0 spiro atoms. The zero-order valence-electron chi connectivity index (χ0n) is 11.0. The Morgan fingerprint density at radius 2 is 2.16 bits per heavy atom. The van der Waals surface area contributed by atoms with Crippen LogP contribution in [0.15, 0.2) is 27.2 Å². The Bertz CT molecular complexity index is 619. The average molecular weight is 324 g/mol. The normalized spacial score (nSPS) is 10.5. The summed E-state index contributed by atoms with van der Waals surface area (Å²) in [5.41, 5.74) is 2.77. The molecule has 0 atom stereocenters. The van der Waals surface area contributed by atoms with E-state index in [1.165, 1.54) is 0 Å². The van der Waals surface area contributed by atoms with Crippen LogP contribution in [0.1, 0.15) is 28.6 Å². The van der Waals surface area contributed by atoms with E-state index in [0.29, 0.717) is 23.6 Å². The minimum Gasteiger partial charge on any atom is -0.462 e. The van der Waals surface area contributed by atoms with Crippen molar-refractivity contribution in [2.24, 2.45) is 0 Å². The first-order valence-electron chi connectivity index (χ1n) is 5.95. The molecule has 19 heavy (non-hydrogen) atoms. The second-order valence-electron chi connectivity index (χ2n) is 4.10. The van der Waals surface area contributed by atoms with E-state index in [1.807, 2.05) is 25.1 Å². The van der Waals surface area contributed by atoms with E-state index in [4.69, 9.17) is 9.26 Å². The SMILES string of the molecule is CCOC(=O)c1c(-c2cccc(Br)c2C)noc1C. The fourth-order valence-corrected chi connectivity index (χ4v) is 2.23. The molecule has 100 valence electrons. The van der Waals surface area contributed by atoms with Crippen LogP contribution in [0.2, 0.25) is 0 Å². The van der Waals surface area contributed by atoms with Gasteiger partial charge in [0.1, 0.15) is 17.0 Å². The van der Waals surface area contributed by atoms with Crippen LogP contribution in [0.5, 0.6) is 0 Å². The molecule has 0 fully saturated rings. The van der Waals surface area contributed by atoms with E-state index >= 15 is 0 Å². The average Bonchev–Trinajstić information content (AvgIpc) is 2.75. The Labute approximate surface area is 119 Å². The van der Waals surface area contributed by atoms with Crippen LogP contribution in [0.3, 0.4) is 0 Å². The molecule has 0 amide bonds. The molecule has 5 heteroatoms. The molecule has 0 saturated carbocycles. The van der Waals surface area contributed by atoms with Gasteiger partial charge in [0.15, 0.2) is 0 Å². The number of hydrogen-bond donors (Lipinski definition) is 0. The minimum absolute atomic E-state index is 0.320. The lowest BCUT2D eigenvalue weighted by molar-refractivity contribution is 0.0525. The number of rotatable bonds is 3. The monoisotopic (exact) mass is 323 g/mol. The van der Waals surface area contributed by atoms with Crippen LogP contribution >= 0.6 is 15.9 Å². The van der Waals surface area contributed by atoms with Crippen LogP contribution in [0.25, 0.3) is 11.3 Å². The third-order valence-corrected chi connectivity index (χ3v) is 3.72. The number of nitrogens with zero attached hydrogens (tertiary/aromatic N) is 1. The number of carbonyl (C=O) groups excluding carboxylic acids is 1. The molecule has 1 aromatic heterocycles. The summed E-state index contributed by atoms with van der Waals surface area (Å²) >= 11 is 3.47. The smallest absolute Gasteiger partial charge is 0.344 e. The fourth-order valence-electron chi connectivity index (χ4n) is 1.86. The van der Waals surface area contributed by atoms with Crippen molar-refractivity contribution < 1.29 is 14.1 Å². The molecular weight excluding hydrogens is 310 g/mol. The molecule has 0 aliphatic carbocycles. The Morgan fingerprint density at radius 3 is 2.84 bits per heavy atom. The molecule has 0 aliphatic heterocycles. The van der Waals surface area contributed by atoms with Gasteiger partial charge in [-0.15, -0.1) is 0 Å². The number of aromatic nitrogens is 1. The van der Waals surface area contributed by atoms with Gasteiger partial charge < -0.3 is 9.26 Å². The highest BCUT2D eigenvalue weighted by molar-refractivity contribution is 9.10. The number of ether oxygens (including phenoxy) is 1. The number of benzene rings is 1. The second kappa shape index (κ2) is 5.57. The number of hydrogen-bond acceptors (Lipinski definition) is 4. The lowest BCUT2D eigenvalue weighted by Crippen LogP contribution is -2.07. The maximum Gasteiger partial charge on any atom is 0.344 e. The van der Waals surface area contributed by atoms with Crippen molar-refractivity contribution >= 4 is 21.9 Å². The highest BCUT2D eigenvalue weighted by atomic mass is 79.9. The first-order chi connectivity index (χ1) is 9.06. The van der Waals surface area contributed by atoms with Crippen molar-refractivity contribution in [1.29, 1.82) is 0 Å². The predicted molar refractivity (Wildman–Crippen MR) is 75.1 cm³/mol. The summed E-state index contributed by atoms with van der Waals surface area (Å²) in [5.74, 6) is 0.0588. The maximum absolute atomic E-state index is 12.0. The summed E-state index contributed by atoms with van der Waals surface area (Å²) in [5, 5.41) is 3.99. The second-order valence-corrected chi connectivity index (χ2v) is 4.95. The molecule has 2 aromatic rings. The van der Waals surface area contributed by atoms with E-state index < -0.39 is 5.97 Å². The number of halogens is 1. The van der Waals surface area contributed by atoms with Crippen LogP contribution in [0.4, 0.5) is 0 Å². The third-order valence-electron chi connectivity index (χ3n) is 2.87. The van der Waals surface area contributed by atoms with Crippen LogP contribution in [-0.2, 0) is 4.74 Å². The molecule has 0 unspecified atom stereocenters. The minimum atomic E-state index is -0.407. The van der Waals surface area contributed by atoms with Gasteiger partial charge in [-0.2, -0.15) is 0 Å². The third kappa shape index (κ3) is 2.56. The number of carbonyl (C=O) groups is 1. The van der Waals surface area contributed by atoms with E-state index in [9.17, 15) is 4.79 Å². The lowest BCUT2D eigenvalue weighted by atomic mass is 10.0. The van der Waals surface area contributed by atoms with Crippen molar-refractivity contribution in [3.8, 4) is 11.3 Å². The van der Waals surface area contributed by atoms with E-state index in [1.54, 1.807) is 13.8 Å². The van der Waals surface area contributed by atoms with Crippen LogP contribution in [0, 0.1) is 13.8 Å². The summed E-state index contributed by atoms with van der Waals surface area (Å²) in [6.45, 7) is 5.75. The quantitative estimate of drug-likeness (QED) is 0.804. The van der Waals surface area contributed by atoms with E-state index in [2.05, 4.69) is 21.1 Å². The molecule has 0 N–H and O–H groups in total. The van der Waals surface area contributed by atoms with Crippen molar-refractivity contribution in [2.45, 2.75) is 20.8 Å². The number of aryl methyl sites for hydroxylation is 1. The molecule has 4 nitrogen and oxygen atoms in total. The largest absolute Gasteiger partial charge is 0.462 e. The Kier molecular flexibility index (Phi) is 4.04. The summed E-state index contributed by atoms with van der Waals surface area (Å²) in [6.07, 6.45) is 0. The topological polar surface area (TPSA) is 52.3 Å². The zero-order valence-corrected chi connectivity index (χ0v) is 12.6. The first-order valence-corrected chi connectivity index (χ1v) is 6.74. The van der Waals surface area contributed by atoms with Crippen molar-refractivity contribution in [1.82, 2.24) is 5.16 Å². The van der Waals surface area contributed by atoms with Gasteiger partial charge in [0, 0.05) is 10.0 Å². The molecule has 2 rings (SSSR count). The van der Waals surface area contributed by atoms with Gasteiger partial charge in [0.25, 0.3) is 0 Å². The molecule has 0 bridgehead atoms. The van der Waals surface area contributed by atoms with Gasteiger partial charge >= 0.3 is 5.97 Å². The van der Waals surface area contributed by atoms with Crippen molar-refractivity contribution in [3.05, 3.63) is 39.6 Å². The Morgan fingerprint density at radius 1 is 1.42 bits per heavy atom. The van der Waals surface area contributed by atoms with Gasteiger partial charge in [-0.05, 0) is 32.4 Å². The van der Waals surface area contributed by atoms with Gasteiger partial charge in [0.05, 0.1) is 6.61 Å². The molecule has 1 heterocycles. The van der Waals surface area contributed by atoms with Crippen molar-refractivity contribution in [2.75, 3.05) is 6.61 Å². The highest BCUT2D eigenvalue weighted by Crippen LogP contribution is 2.31. The maximum atomic E-state index is 12.0. The molecule has 1 aromatic carbocycles. The van der Waals surface area contributed by atoms with E-state index in [0.717, 1.165) is 15.6 Å². The predicted octanol–water partition coefficient (Wildman–Crippen LogP) is 3.90. The molecule has 0 aliphatic rings. The zero-order chi connectivity index (χ0) is 14.0. The number of esters is 1. The van der Waals surface area contributed by atoms with Gasteiger partial charge in [-0.1, -0.05) is 33.2 Å². The Hall–Kier alpha value is -1.62. The summed E-state index contributed by atoms with van der Waals surface area (Å²) in [6, 6.07) is 5.74. The summed E-state index contributed by atoms with van der Waals surface area (Å²) < 4.78 is 11.2. The standard InChI is InChI=1S/C14H14BrNO3/c1-4-18-14(17)12-9(3)19-16-13(12)10-6-5-7-11(15)8(10)2/h5-7H,4H2,1-3H3. The lowest BCUT2D eigenvalue weighted by Gasteiger charge is -2.06. The van der Waals surface area contributed by atoms with Gasteiger partial charge in [0.2, 0.25) is 0 Å². The van der Waals surface area contributed by atoms with Gasteiger partial charge in [-0.25, -0.2) is 4.79 Å². The first kappa shape index (κ1) is 13.8. The summed E-state index contributed by atoms with van der Waals surface area (Å²) in [4.78, 5) is 12.0. The molecular formula is C14H14BrNO3. The highest BCUT2D eigenvalue weighted by Gasteiger charge is 2.23. The molecule has 0 saturated heterocycles. The van der Waals surface area contributed by atoms with E-state index in [-0.39, 0.29) is 0 Å². The van der Waals surface area contributed by atoms with Gasteiger partial charge in [-0.3, -0.25) is 0 Å². The van der Waals surface area contributed by atoms with Crippen LogP contribution < -0.4 is 0 Å². The molecule has 0 radical (unpaired) electrons.